The van der Waals surface area contributed by atoms with Crippen LogP contribution < -0.4 is 14.4 Å². The minimum atomic E-state index is -3.42. The Morgan fingerprint density at radius 1 is 1.12 bits per heavy atom. The van der Waals surface area contributed by atoms with Gasteiger partial charge in [0.25, 0.3) is 0 Å². The Balaban J connectivity index is 2.69. The molecular formula is C19H32N2O4S. The number of carbonyl (C=O) groups excluding carboxylic acids is 1. The number of sulfonamides is 1. The first kappa shape index (κ1) is 22.3. The maximum atomic E-state index is 12.2. The van der Waals surface area contributed by atoms with Gasteiger partial charge in [-0.05, 0) is 42.5 Å². The van der Waals surface area contributed by atoms with Crippen LogP contribution in [0.2, 0.25) is 0 Å². The van der Waals surface area contributed by atoms with Gasteiger partial charge in [-0.2, -0.15) is 0 Å². The number of hydrogen-bond donors (Lipinski definition) is 1. The van der Waals surface area contributed by atoms with Gasteiger partial charge in [-0.15, -0.1) is 0 Å². The van der Waals surface area contributed by atoms with Gasteiger partial charge in [-0.3, -0.25) is 9.10 Å². The molecule has 0 aliphatic rings. The summed E-state index contributed by atoms with van der Waals surface area (Å²) in [6.07, 6.45) is 1.91. The third-order valence-corrected chi connectivity index (χ3v) is 5.48. The fraction of sp³-hybridized carbons (Fsp3) is 0.632. The van der Waals surface area contributed by atoms with Gasteiger partial charge in [-0.1, -0.05) is 27.7 Å². The van der Waals surface area contributed by atoms with Crippen molar-refractivity contribution in [2.45, 2.75) is 46.6 Å². The largest absolute Gasteiger partial charge is 0.497 e. The second kappa shape index (κ2) is 9.80. The second-order valence-electron chi connectivity index (χ2n) is 7.22. The average Bonchev–Trinajstić information content (AvgIpc) is 2.55. The number of nitrogens with zero attached hydrogens (tertiary/aromatic N) is 1. The third-order valence-electron chi connectivity index (χ3n) is 4.29. The number of ether oxygens (including phenoxy) is 1. The van der Waals surface area contributed by atoms with E-state index in [-0.39, 0.29) is 24.9 Å². The lowest BCUT2D eigenvalue weighted by Crippen LogP contribution is -2.42. The highest BCUT2D eigenvalue weighted by Gasteiger charge is 2.21. The van der Waals surface area contributed by atoms with Gasteiger partial charge >= 0.3 is 0 Å². The van der Waals surface area contributed by atoms with Crippen LogP contribution in [0, 0.1) is 11.8 Å². The summed E-state index contributed by atoms with van der Waals surface area (Å²) in [6, 6.07) is 6.96. The SMILES string of the molecule is COc1ccc(N(CCCC(=O)NC(C(C)C)C(C)C)S(C)(=O)=O)cc1. The van der Waals surface area contributed by atoms with Crippen LogP contribution in [-0.4, -0.2) is 40.3 Å². The maximum absolute atomic E-state index is 12.2. The first-order chi connectivity index (χ1) is 12.1. The highest BCUT2D eigenvalue weighted by molar-refractivity contribution is 7.92. The lowest BCUT2D eigenvalue weighted by atomic mass is 9.93. The van der Waals surface area contributed by atoms with E-state index in [9.17, 15) is 13.2 Å². The number of rotatable bonds is 10. The molecule has 1 amide bonds. The highest BCUT2D eigenvalue weighted by Crippen LogP contribution is 2.22. The zero-order valence-corrected chi connectivity index (χ0v) is 17.5. The quantitative estimate of drug-likeness (QED) is 0.673. The molecule has 1 aromatic rings. The highest BCUT2D eigenvalue weighted by atomic mass is 32.2. The zero-order chi connectivity index (χ0) is 19.9. The summed E-state index contributed by atoms with van der Waals surface area (Å²) in [6.45, 7) is 8.59. The summed E-state index contributed by atoms with van der Waals surface area (Å²) in [7, 11) is -1.87. The summed E-state index contributed by atoms with van der Waals surface area (Å²) in [5, 5.41) is 3.06. The number of amides is 1. The Hall–Kier alpha value is -1.76. The molecular weight excluding hydrogens is 352 g/mol. The molecule has 0 aliphatic heterocycles. The Morgan fingerprint density at radius 3 is 2.08 bits per heavy atom. The molecule has 0 unspecified atom stereocenters. The minimum Gasteiger partial charge on any atom is -0.497 e. The molecule has 0 fully saturated rings. The number of benzene rings is 1. The van der Waals surface area contributed by atoms with Crippen LogP contribution in [0.4, 0.5) is 5.69 Å². The van der Waals surface area contributed by atoms with Crippen molar-refractivity contribution in [3.8, 4) is 5.75 Å². The summed E-state index contributed by atoms with van der Waals surface area (Å²) in [5.74, 6) is 1.33. The van der Waals surface area contributed by atoms with E-state index in [0.717, 1.165) is 0 Å². The molecule has 0 bridgehead atoms. The number of nitrogens with one attached hydrogen (secondary N) is 1. The Morgan fingerprint density at radius 2 is 1.65 bits per heavy atom. The van der Waals surface area contributed by atoms with Crippen molar-refractivity contribution >= 4 is 21.6 Å². The van der Waals surface area contributed by atoms with E-state index >= 15 is 0 Å². The van der Waals surface area contributed by atoms with Crippen molar-refractivity contribution in [3.05, 3.63) is 24.3 Å². The van der Waals surface area contributed by atoms with Crippen LogP contribution in [0.1, 0.15) is 40.5 Å². The van der Waals surface area contributed by atoms with Crippen LogP contribution in [-0.2, 0) is 14.8 Å². The normalized spacial score (nSPS) is 11.9. The van der Waals surface area contributed by atoms with E-state index in [0.29, 0.717) is 29.7 Å². The van der Waals surface area contributed by atoms with Gasteiger partial charge in [-0.25, -0.2) is 8.42 Å². The molecule has 0 saturated heterocycles. The van der Waals surface area contributed by atoms with E-state index in [2.05, 4.69) is 33.0 Å². The molecule has 1 N–H and O–H groups in total. The maximum Gasteiger partial charge on any atom is 0.232 e. The fourth-order valence-electron chi connectivity index (χ4n) is 2.98. The molecule has 0 aliphatic carbocycles. The molecule has 6 nitrogen and oxygen atoms in total. The third kappa shape index (κ3) is 6.86. The van der Waals surface area contributed by atoms with Crippen LogP contribution in [0.25, 0.3) is 0 Å². The van der Waals surface area contributed by atoms with Crippen molar-refractivity contribution in [2.24, 2.45) is 11.8 Å². The lowest BCUT2D eigenvalue weighted by Gasteiger charge is -2.26. The van der Waals surface area contributed by atoms with Crippen LogP contribution in [0.5, 0.6) is 5.75 Å². The van der Waals surface area contributed by atoms with Gasteiger partial charge < -0.3 is 10.1 Å². The molecule has 1 aromatic carbocycles. The van der Waals surface area contributed by atoms with E-state index in [4.69, 9.17) is 4.74 Å². The van der Waals surface area contributed by atoms with Gasteiger partial charge in [0.2, 0.25) is 15.9 Å². The molecule has 0 heterocycles. The summed E-state index contributed by atoms with van der Waals surface area (Å²) in [4.78, 5) is 12.2. The Bertz CT molecular complexity index is 661. The predicted molar refractivity (Wildman–Crippen MR) is 106 cm³/mol. The van der Waals surface area contributed by atoms with E-state index in [1.165, 1.54) is 10.6 Å². The van der Waals surface area contributed by atoms with Crippen LogP contribution >= 0.6 is 0 Å². The van der Waals surface area contributed by atoms with Crippen molar-refractivity contribution < 1.29 is 17.9 Å². The summed E-state index contributed by atoms with van der Waals surface area (Å²) < 4.78 is 30.6. The van der Waals surface area contributed by atoms with Crippen molar-refractivity contribution in [3.63, 3.8) is 0 Å². The molecule has 0 aromatic heterocycles. The van der Waals surface area contributed by atoms with Crippen molar-refractivity contribution in [1.82, 2.24) is 5.32 Å². The smallest absolute Gasteiger partial charge is 0.232 e. The zero-order valence-electron chi connectivity index (χ0n) is 16.7. The molecule has 148 valence electrons. The molecule has 0 atom stereocenters. The summed E-state index contributed by atoms with van der Waals surface area (Å²) >= 11 is 0. The Labute approximate surface area is 158 Å². The average molecular weight is 385 g/mol. The molecule has 26 heavy (non-hydrogen) atoms. The van der Waals surface area contributed by atoms with Crippen LogP contribution in [0.15, 0.2) is 24.3 Å². The van der Waals surface area contributed by atoms with Gasteiger partial charge in [0.1, 0.15) is 5.75 Å². The molecule has 1 rings (SSSR count). The number of anilines is 1. The first-order valence-corrected chi connectivity index (χ1v) is 10.8. The molecule has 0 spiro atoms. The number of hydrogen-bond acceptors (Lipinski definition) is 4. The number of carbonyl (C=O) groups is 1. The summed E-state index contributed by atoms with van der Waals surface area (Å²) in [5.41, 5.74) is 0.566. The molecule has 0 saturated carbocycles. The van der Waals surface area contributed by atoms with E-state index in [1.807, 2.05) is 0 Å². The predicted octanol–water partition coefficient (Wildman–Crippen LogP) is 3.04. The number of methoxy groups -OCH3 is 1. The van der Waals surface area contributed by atoms with E-state index in [1.54, 1.807) is 31.4 Å². The van der Waals surface area contributed by atoms with Crippen molar-refractivity contribution in [1.29, 1.82) is 0 Å². The van der Waals surface area contributed by atoms with Gasteiger partial charge in [0, 0.05) is 19.0 Å². The fourth-order valence-corrected chi connectivity index (χ4v) is 3.94. The first-order valence-electron chi connectivity index (χ1n) is 8.97. The van der Waals surface area contributed by atoms with Gasteiger partial charge in [0.15, 0.2) is 0 Å². The monoisotopic (exact) mass is 384 g/mol. The Kier molecular flexibility index (Phi) is 8.40. The standard InChI is InChI=1S/C19H32N2O4S/c1-14(2)19(15(3)4)20-18(22)8-7-13-21(26(6,23)24)16-9-11-17(25-5)12-10-16/h9-12,14-15,19H,7-8,13H2,1-6H3,(H,20,22). The van der Waals surface area contributed by atoms with Crippen LogP contribution in [0.3, 0.4) is 0 Å². The minimum absolute atomic E-state index is 0.0411. The lowest BCUT2D eigenvalue weighted by molar-refractivity contribution is -0.122. The van der Waals surface area contributed by atoms with Crippen molar-refractivity contribution in [2.75, 3.05) is 24.2 Å². The second-order valence-corrected chi connectivity index (χ2v) is 9.12. The molecule has 0 radical (unpaired) electrons. The van der Waals surface area contributed by atoms with E-state index < -0.39 is 10.0 Å². The molecule has 7 heteroatoms. The van der Waals surface area contributed by atoms with Gasteiger partial charge in [0.05, 0.1) is 19.1 Å². The topological polar surface area (TPSA) is 75.7 Å².